The van der Waals surface area contributed by atoms with E-state index in [-0.39, 0.29) is 6.23 Å². The fourth-order valence-corrected chi connectivity index (χ4v) is 1.62. The highest BCUT2D eigenvalue weighted by Crippen LogP contribution is 2.06. The molecule has 0 aliphatic heterocycles. The Balaban J connectivity index is 4.53. The molecule has 0 saturated carbocycles. The van der Waals surface area contributed by atoms with Crippen LogP contribution in [0, 0.1) is 17.4 Å². The zero-order chi connectivity index (χ0) is 16.6. The minimum atomic E-state index is -0.375. The number of hydrogen-bond acceptors (Lipinski definition) is 3. The summed E-state index contributed by atoms with van der Waals surface area (Å²) in [4.78, 5) is 0. The first-order valence-electron chi connectivity index (χ1n) is 7.71. The fraction of sp³-hybridized carbons (Fsp3) is 0.500. The molecule has 1 unspecified atom stereocenters. The summed E-state index contributed by atoms with van der Waals surface area (Å²) in [6.45, 7) is 6.63. The molecule has 0 amide bonds. The molecule has 0 radical (unpaired) electrons. The Labute approximate surface area is 135 Å². The molecule has 4 heteroatoms. The lowest BCUT2D eigenvalue weighted by Crippen LogP contribution is -2.32. The van der Waals surface area contributed by atoms with Gasteiger partial charge in [-0.15, -0.1) is 0 Å². The summed E-state index contributed by atoms with van der Waals surface area (Å²) in [7, 11) is 1.95. The van der Waals surface area contributed by atoms with Crippen molar-refractivity contribution < 1.29 is 4.74 Å². The van der Waals surface area contributed by atoms with Crippen LogP contribution in [0.25, 0.3) is 0 Å². The van der Waals surface area contributed by atoms with Gasteiger partial charge in [-0.1, -0.05) is 42.7 Å². The maximum atomic E-state index is 7.43. The van der Waals surface area contributed by atoms with Crippen LogP contribution in [-0.2, 0) is 4.74 Å². The predicted octanol–water partition coefficient (Wildman–Crippen LogP) is 3.35. The van der Waals surface area contributed by atoms with Crippen molar-refractivity contribution in [2.24, 2.45) is 0 Å². The van der Waals surface area contributed by atoms with E-state index in [2.05, 4.69) is 47.8 Å². The molecule has 0 rings (SSSR count). The highest BCUT2D eigenvalue weighted by molar-refractivity contribution is 5.76. The van der Waals surface area contributed by atoms with Gasteiger partial charge in [-0.3, -0.25) is 5.41 Å². The van der Waals surface area contributed by atoms with Gasteiger partial charge in [0.15, 0.2) is 0 Å². The molecule has 22 heavy (non-hydrogen) atoms. The quantitative estimate of drug-likeness (QED) is 0.153. The molecule has 0 aliphatic rings. The van der Waals surface area contributed by atoms with Gasteiger partial charge >= 0.3 is 0 Å². The first-order chi connectivity index (χ1) is 10.6. The summed E-state index contributed by atoms with van der Waals surface area (Å²) in [5.74, 6) is 3.39. The van der Waals surface area contributed by atoms with Gasteiger partial charge in [-0.2, -0.15) is 0 Å². The van der Waals surface area contributed by atoms with Crippen molar-refractivity contribution in [2.45, 2.75) is 46.3 Å². The van der Waals surface area contributed by atoms with E-state index in [1.807, 2.05) is 26.1 Å². The number of hydrogen-bond donors (Lipinski definition) is 3. The Morgan fingerprint density at radius 1 is 1.41 bits per heavy atom. The van der Waals surface area contributed by atoms with Gasteiger partial charge in [0.25, 0.3) is 0 Å². The average Bonchev–Trinajstić information content (AvgIpc) is 2.48. The number of ether oxygens (including phenoxy) is 1. The van der Waals surface area contributed by atoms with Gasteiger partial charge in [0.2, 0.25) is 6.23 Å². The van der Waals surface area contributed by atoms with Crippen LogP contribution in [-0.4, -0.2) is 25.7 Å². The van der Waals surface area contributed by atoms with E-state index in [9.17, 15) is 0 Å². The molecule has 122 valence electrons. The summed E-state index contributed by atoms with van der Waals surface area (Å²) in [6.07, 6.45) is 15.1. The van der Waals surface area contributed by atoms with Crippen LogP contribution in [0.2, 0.25) is 0 Å². The molecule has 0 saturated heterocycles. The third-order valence-corrected chi connectivity index (χ3v) is 2.70. The average molecular weight is 303 g/mol. The topological polar surface area (TPSA) is 57.1 Å². The summed E-state index contributed by atoms with van der Waals surface area (Å²) in [5, 5.41) is 13.5. The Hall–Kier alpha value is -1.99. The number of amidine groups is 1. The van der Waals surface area contributed by atoms with Crippen LogP contribution in [0.4, 0.5) is 0 Å². The lowest BCUT2D eigenvalue weighted by Gasteiger charge is -2.12. The molecule has 4 nitrogen and oxygen atoms in total. The molecular weight excluding hydrogens is 274 g/mol. The monoisotopic (exact) mass is 303 g/mol. The standard InChI is InChI=1S/C18H29N3O/c1-5-7-8-11-17(13-14-20-4)12-9-15-22-18(10-6-2)21-16(3)19/h6-8,10-11,18,20H,5,12-14H2,1-4H3,(H2,19,21)/b8-7-,10-6+,17-11+. The lowest BCUT2D eigenvalue weighted by molar-refractivity contribution is 0.197. The van der Waals surface area contributed by atoms with Gasteiger partial charge < -0.3 is 15.4 Å². The summed E-state index contributed by atoms with van der Waals surface area (Å²) < 4.78 is 5.41. The predicted molar refractivity (Wildman–Crippen MR) is 94.7 cm³/mol. The SMILES string of the molecule is C/C=C/C(NC(C)=N)OC#CC/C(=C\C=C/CC)CCNC. The van der Waals surface area contributed by atoms with Crippen molar-refractivity contribution in [2.75, 3.05) is 13.6 Å². The van der Waals surface area contributed by atoms with Gasteiger partial charge in [-0.05, 0) is 46.4 Å². The first-order valence-corrected chi connectivity index (χ1v) is 7.71. The number of rotatable bonds is 9. The molecule has 0 aromatic carbocycles. The van der Waals surface area contributed by atoms with Crippen molar-refractivity contribution in [3.8, 4) is 12.0 Å². The maximum Gasteiger partial charge on any atom is 0.200 e. The molecule has 0 aliphatic carbocycles. The maximum absolute atomic E-state index is 7.43. The van der Waals surface area contributed by atoms with Gasteiger partial charge in [-0.25, -0.2) is 0 Å². The van der Waals surface area contributed by atoms with Crippen molar-refractivity contribution in [1.29, 1.82) is 5.41 Å². The van der Waals surface area contributed by atoms with E-state index >= 15 is 0 Å². The Morgan fingerprint density at radius 2 is 2.18 bits per heavy atom. The smallest absolute Gasteiger partial charge is 0.200 e. The van der Waals surface area contributed by atoms with E-state index in [1.165, 1.54) is 5.57 Å². The minimum absolute atomic E-state index is 0.351. The Morgan fingerprint density at radius 3 is 2.77 bits per heavy atom. The van der Waals surface area contributed by atoms with Crippen molar-refractivity contribution in [3.05, 3.63) is 36.0 Å². The summed E-state index contributed by atoms with van der Waals surface area (Å²) in [5.41, 5.74) is 1.27. The second-order valence-corrected chi connectivity index (χ2v) is 4.80. The van der Waals surface area contributed by atoms with Crippen LogP contribution in [0.3, 0.4) is 0 Å². The lowest BCUT2D eigenvalue weighted by atomic mass is 10.1. The van der Waals surface area contributed by atoms with Crippen LogP contribution in [0.5, 0.6) is 0 Å². The highest BCUT2D eigenvalue weighted by atomic mass is 16.5. The molecular formula is C18H29N3O. The van der Waals surface area contributed by atoms with Crippen molar-refractivity contribution in [1.82, 2.24) is 10.6 Å². The van der Waals surface area contributed by atoms with Crippen LogP contribution in [0.1, 0.15) is 40.0 Å². The second-order valence-electron chi connectivity index (χ2n) is 4.80. The Kier molecular flexibility index (Phi) is 12.7. The van der Waals surface area contributed by atoms with Gasteiger partial charge in [0.1, 0.15) is 6.11 Å². The molecule has 0 fully saturated rings. The highest BCUT2D eigenvalue weighted by Gasteiger charge is 2.01. The van der Waals surface area contributed by atoms with Gasteiger partial charge in [0.05, 0.1) is 5.84 Å². The minimum Gasteiger partial charge on any atom is -0.417 e. The summed E-state index contributed by atoms with van der Waals surface area (Å²) in [6, 6.07) is 0. The molecule has 3 N–H and O–H groups in total. The van der Waals surface area contributed by atoms with Crippen molar-refractivity contribution >= 4 is 5.84 Å². The normalized spacial score (nSPS) is 13.0. The molecule has 0 spiro atoms. The van der Waals surface area contributed by atoms with E-state index in [0.29, 0.717) is 12.3 Å². The third-order valence-electron chi connectivity index (χ3n) is 2.70. The van der Waals surface area contributed by atoms with E-state index in [1.54, 1.807) is 6.92 Å². The molecule has 0 bridgehead atoms. The third kappa shape index (κ3) is 11.8. The van der Waals surface area contributed by atoms with Crippen LogP contribution >= 0.6 is 0 Å². The molecule has 0 aromatic heterocycles. The zero-order valence-electron chi connectivity index (χ0n) is 14.2. The van der Waals surface area contributed by atoms with Crippen molar-refractivity contribution in [3.63, 3.8) is 0 Å². The van der Waals surface area contributed by atoms with Crippen LogP contribution < -0.4 is 10.6 Å². The number of allylic oxidation sites excluding steroid dienone is 4. The van der Waals surface area contributed by atoms with Gasteiger partial charge in [0, 0.05) is 6.42 Å². The fourth-order valence-electron chi connectivity index (χ4n) is 1.62. The van der Waals surface area contributed by atoms with E-state index in [0.717, 1.165) is 19.4 Å². The molecule has 0 heterocycles. The Bertz CT molecular complexity index is 453. The van der Waals surface area contributed by atoms with E-state index in [4.69, 9.17) is 10.1 Å². The second kappa shape index (κ2) is 14.0. The largest absolute Gasteiger partial charge is 0.417 e. The molecule has 0 aromatic rings. The summed E-state index contributed by atoms with van der Waals surface area (Å²) >= 11 is 0. The zero-order valence-corrected chi connectivity index (χ0v) is 14.2. The van der Waals surface area contributed by atoms with E-state index < -0.39 is 0 Å². The van der Waals surface area contributed by atoms with Crippen LogP contribution in [0.15, 0.2) is 36.0 Å². The molecule has 1 atom stereocenters. The first kappa shape index (κ1) is 20.0. The number of nitrogens with one attached hydrogen (secondary N) is 3.